The zero-order valence-electron chi connectivity index (χ0n) is 10.3. The molecule has 1 saturated heterocycles. The average molecular weight is 258 g/mol. The molecule has 0 saturated carbocycles. The third kappa shape index (κ3) is 3.43. The molecule has 0 bridgehead atoms. The number of hydrogen-bond donors (Lipinski definition) is 2. The molecule has 0 spiro atoms. The van der Waals surface area contributed by atoms with Crippen molar-refractivity contribution < 1.29 is 24.2 Å². The highest BCUT2D eigenvalue weighted by Crippen LogP contribution is 2.17. The molecule has 1 aliphatic rings. The van der Waals surface area contributed by atoms with Gasteiger partial charge in [0.2, 0.25) is 0 Å². The Morgan fingerprint density at radius 2 is 2.17 bits per heavy atom. The Kier molecular flexibility index (Phi) is 5.08. The third-order valence-corrected chi connectivity index (χ3v) is 2.89. The Balaban J connectivity index is 2.60. The second kappa shape index (κ2) is 6.34. The monoisotopic (exact) mass is 258 g/mol. The van der Waals surface area contributed by atoms with Crippen LogP contribution in [-0.2, 0) is 19.1 Å². The molecule has 1 amide bonds. The van der Waals surface area contributed by atoms with E-state index in [1.165, 1.54) is 4.90 Å². The van der Waals surface area contributed by atoms with Crippen molar-refractivity contribution in [2.24, 2.45) is 11.7 Å². The molecule has 1 unspecified atom stereocenters. The molecular weight excluding hydrogens is 240 g/mol. The highest BCUT2D eigenvalue weighted by molar-refractivity contribution is 6.01. The number of aliphatic carboxylic acids is 1. The van der Waals surface area contributed by atoms with Crippen LogP contribution in [0.25, 0.3) is 0 Å². The number of piperidine rings is 1. The van der Waals surface area contributed by atoms with Gasteiger partial charge in [0.25, 0.3) is 5.91 Å². The van der Waals surface area contributed by atoms with Gasteiger partial charge in [-0.05, 0) is 19.8 Å². The maximum atomic E-state index is 11.9. The van der Waals surface area contributed by atoms with Crippen LogP contribution in [0.1, 0.15) is 19.8 Å². The predicted octanol–water partition coefficient (Wildman–Crippen LogP) is -0.800. The summed E-state index contributed by atoms with van der Waals surface area (Å²) in [5, 5.41) is 8.91. The summed E-state index contributed by atoms with van der Waals surface area (Å²) in [5.41, 5.74) is 5.49. The van der Waals surface area contributed by atoms with Crippen LogP contribution in [0.3, 0.4) is 0 Å². The molecule has 1 aliphatic heterocycles. The highest BCUT2D eigenvalue weighted by Gasteiger charge is 2.33. The number of likely N-dealkylation sites (tertiary alicyclic amines) is 1. The summed E-state index contributed by atoms with van der Waals surface area (Å²) in [7, 11) is 0. The number of carboxylic acid groups (broad SMARTS) is 1. The van der Waals surface area contributed by atoms with Crippen molar-refractivity contribution in [3.05, 3.63) is 0 Å². The molecule has 0 aromatic carbocycles. The van der Waals surface area contributed by atoms with Crippen molar-refractivity contribution in [3.63, 3.8) is 0 Å². The lowest BCUT2D eigenvalue weighted by atomic mass is 9.98. The van der Waals surface area contributed by atoms with Gasteiger partial charge in [-0.3, -0.25) is 9.59 Å². The second-order valence-electron chi connectivity index (χ2n) is 4.19. The molecular formula is C11H18N2O5. The lowest BCUT2D eigenvalue weighted by Gasteiger charge is -2.31. The summed E-state index contributed by atoms with van der Waals surface area (Å²) >= 11 is 0. The minimum atomic E-state index is -1.36. The minimum Gasteiger partial charge on any atom is -0.481 e. The van der Waals surface area contributed by atoms with Crippen molar-refractivity contribution in [1.29, 1.82) is 0 Å². The summed E-state index contributed by atoms with van der Waals surface area (Å²) in [6.45, 7) is 2.30. The van der Waals surface area contributed by atoms with Crippen LogP contribution in [-0.4, -0.2) is 53.6 Å². The van der Waals surface area contributed by atoms with Crippen molar-refractivity contribution in [1.82, 2.24) is 4.90 Å². The van der Waals surface area contributed by atoms with Crippen LogP contribution in [0, 0.1) is 5.92 Å². The predicted molar refractivity (Wildman–Crippen MR) is 61.5 cm³/mol. The Hall–Kier alpha value is -1.63. The maximum absolute atomic E-state index is 11.9. The van der Waals surface area contributed by atoms with E-state index in [1.807, 2.05) is 0 Å². The number of carbonyl (C=O) groups excluding carboxylic acids is 2. The second-order valence-corrected chi connectivity index (χ2v) is 4.19. The zero-order valence-corrected chi connectivity index (χ0v) is 10.3. The Morgan fingerprint density at radius 3 is 2.72 bits per heavy atom. The molecule has 1 rings (SSSR count). The summed E-state index contributed by atoms with van der Waals surface area (Å²) in [6, 6.07) is -1.36. The fourth-order valence-electron chi connectivity index (χ4n) is 1.91. The number of amides is 1. The van der Waals surface area contributed by atoms with Gasteiger partial charge < -0.3 is 20.5 Å². The van der Waals surface area contributed by atoms with Gasteiger partial charge in [0.05, 0.1) is 12.5 Å². The standard InChI is InChI=1S/C11H18N2O5/c1-2-18-11(17)8(12)9(14)13-5-3-4-7(6-13)10(15)16/h7-8H,2-6,12H2,1H3,(H,15,16)/t7-,8?/m1/s1. The molecule has 0 aromatic rings. The van der Waals surface area contributed by atoms with Crippen LogP contribution >= 0.6 is 0 Å². The normalized spacial score (nSPS) is 21.2. The van der Waals surface area contributed by atoms with E-state index in [9.17, 15) is 14.4 Å². The first-order chi connectivity index (χ1) is 8.47. The van der Waals surface area contributed by atoms with E-state index in [-0.39, 0.29) is 13.2 Å². The Bertz CT molecular complexity index is 344. The molecule has 18 heavy (non-hydrogen) atoms. The average Bonchev–Trinajstić information content (AvgIpc) is 2.37. The van der Waals surface area contributed by atoms with E-state index >= 15 is 0 Å². The number of esters is 1. The molecule has 0 radical (unpaired) electrons. The van der Waals surface area contributed by atoms with E-state index in [1.54, 1.807) is 6.92 Å². The minimum absolute atomic E-state index is 0.0985. The molecule has 2 atom stereocenters. The van der Waals surface area contributed by atoms with Gasteiger partial charge in [-0.25, -0.2) is 4.79 Å². The summed E-state index contributed by atoms with van der Waals surface area (Å²) < 4.78 is 4.66. The van der Waals surface area contributed by atoms with Crippen LogP contribution in [0.4, 0.5) is 0 Å². The van der Waals surface area contributed by atoms with Gasteiger partial charge in [0, 0.05) is 13.1 Å². The van der Waals surface area contributed by atoms with Crippen LogP contribution in [0.15, 0.2) is 0 Å². The molecule has 7 nitrogen and oxygen atoms in total. The fraction of sp³-hybridized carbons (Fsp3) is 0.727. The number of rotatable bonds is 4. The fourth-order valence-corrected chi connectivity index (χ4v) is 1.91. The summed E-state index contributed by atoms with van der Waals surface area (Å²) in [5.74, 6) is -2.87. The molecule has 1 heterocycles. The lowest BCUT2D eigenvalue weighted by Crippen LogP contribution is -2.52. The van der Waals surface area contributed by atoms with E-state index in [2.05, 4.69) is 4.74 Å². The molecule has 3 N–H and O–H groups in total. The van der Waals surface area contributed by atoms with E-state index in [0.29, 0.717) is 19.4 Å². The van der Waals surface area contributed by atoms with Crippen molar-refractivity contribution in [2.45, 2.75) is 25.8 Å². The van der Waals surface area contributed by atoms with Crippen LogP contribution in [0.2, 0.25) is 0 Å². The number of carboxylic acids is 1. The first-order valence-electron chi connectivity index (χ1n) is 5.91. The first kappa shape index (κ1) is 14.4. The van der Waals surface area contributed by atoms with E-state index in [0.717, 1.165) is 0 Å². The van der Waals surface area contributed by atoms with Crippen molar-refractivity contribution >= 4 is 17.8 Å². The molecule has 102 valence electrons. The topological polar surface area (TPSA) is 110 Å². The molecule has 0 aromatic heterocycles. The lowest BCUT2D eigenvalue weighted by molar-refractivity contribution is -0.152. The largest absolute Gasteiger partial charge is 0.481 e. The van der Waals surface area contributed by atoms with Crippen LogP contribution in [0.5, 0.6) is 0 Å². The molecule has 7 heteroatoms. The van der Waals surface area contributed by atoms with Gasteiger partial charge >= 0.3 is 11.9 Å². The van der Waals surface area contributed by atoms with E-state index in [4.69, 9.17) is 10.8 Å². The van der Waals surface area contributed by atoms with Gasteiger partial charge in [0.1, 0.15) is 0 Å². The van der Waals surface area contributed by atoms with Crippen molar-refractivity contribution in [2.75, 3.05) is 19.7 Å². The van der Waals surface area contributed by atoms with Crippen LogP contribution < -0.4 is 5.73 Å². The molecule has 0 aliphatic carbocycles. The highest BCUT2D eigenvalue weighted by atomic mass is 16.5. The Labute approximate surface area is 105 Å². The van der Waals surface area contributed by atoms with Gasteiger partial charge in [0.15, 0.2) is 6.04 Å². The summed E-state index contributed by atoms with van der Waals surface area (Å²) in [6.07, 6.45) is 1.13. The van der Waals surface area contributed by atoms with E-state index < -0.39 is 29.8 Å². The van der Waals surface area contributed by atoms with Gasteiger partial charge in [-0.15, -0.1) is 0 Å². The number of nitrogens with zero attached hydrogens (tertiary/aromatic N) is 1. The van der Waals surface area contributed by atoms with Gasteiger partial charge in [-0.1, -0.05) is 0 Å². The first-order valence-corrected chi connectivity index (χ1v) is 5.91. The van der Waals surface area contributed by atoms with Crippen molar-refractivity contribution in [3.8, 4) is 0 Å². The number of carbonyl (C=O) groups is 3. The summed E-state index contributed by atoms with van der Waals surface area (Å²) in [4.78, 5) is 35.4. The third-order valence-electron chi connectivity index (χ3n) is 2.89. The maximum Gasteiger partial charge on any atom is 0.332 e. The SMILES string of the molecule is CCOC(=O)C(N)C(=O)N1CCC[C@@H](C(=O)O)C1. The smallest absolute Gasteiger partial charge is 0.332 e. The van der Waals surface area contributed by atoms with Gasteiger partial charge in [-0.2, -0.15) is 0 Å². The quantitative estimate of drug-likeness (QED) is 0.504. The molecule has 1 fully saturated rings. The number of ether oxygens (including phenoxy) is 1. The number of hydrogen-bond acceptors (Lipinski definition) is 5. The zero-order chi connectivity index (χ0) is 13.7. The Morgan fingerprint density at radius 1 is 1.50 bits per heavy atom. The number of nitrogens with two attached hydrogens (primary N) is 1.